The summed E-state index contributed by atoms with van der Waals surface area (Å²) in [5.41, 5.74) is 2.06. The first-order valence-corrected chi connectivity index (χ1v) is 9.90. The maximum atomic E-state index is 12.8. The van der Waals surface area contributed by atoms with E-state index in [9.17, 15) is 4.79 Å². The van der Waals surface area contributed by atoms with E-state index in [1.165, 1.54) is 0 Å². The third-order valence-corrected chi connectivity index (χ3v) is 4.68. The first-order chi connectivity index (χ1) is 15.2. The van der Waals surface area contributed by atoms with Crippen LogP contribution in [0.3, 0.4) is 0 Å². The smallest absolute Gasteiger partial charge is 0.252 e. The lowest BCUT2D eigenvalue weighted by Crippen LogP contribution is -2.28. The average Bonchev–Trinajstić information content (AvgIpc) is 3.33. The molecular formula is C25H22N2O4. The predicted octanol–water partition coefficient (Wildman–Crippen LogP) is 4.83. The number of hydrogen-bond acceptors (Lipinski definition) is 5. The molecule has 0 bridgehead atoms. The van der Waals surface area contributed by atoms with E-state index in [-0.39, 0.29) is 5.91 Å². The van der Waals surface area contributed by atoms with Crippen LogP contribution in [0.25, 0.3) is 22.8 Å². The zero-order valence-electron chi connectivity index (χ0n) is 17.1. The maximum absolute atomic E-state index is 12.8. The summed E-state index contributed by atoms with van der Waals surface area (Å²) < 4.78 is 16.7. The standard InChI is InChI=1S/C25H22N2O4/c1-29-19-11-13-20(14-12-19)30-16-15-26-24(28)21-9-5-6-10-22(21)25-27-17-23(31-25)18-7-3-2-4-8-18/h2-14,17H,15-16H2,1H3,(H,26,28). The molecule has 0 atom stereocenters. The maximum Gasteiger partial charge on any atom is 0.252 e. The van der Waals surface area contributed by atoms with E-state index in [1.807, 2.05) is 72.8 Å². The van der Waals surface area contributed by atoms with Gasteiger partial charge in [0.2, 0.25) is 5.89 Å². The van der Waals surface area contributed by atoms with E-state index in [4.69, 9.17) is 13.9 Å². The fourth-order valence-corrected chi connectivity index (χ4v) is 3.10. The van der Waals surface area contributed by atoms with Crippen LogP contribution in [0.2, 0.25) is 0 Å². The highest BCUT2D eigenvalue weighted by molar-refractivity contribution is 6.00. The second kappa shape index (κ2) is 9.63. The number of nitrogens with one attached hydrogen (secondary N) is 1. The van der Waals surface area contributed by atoms with Crippen molar-refractivity contribution in [2.45, 2.75) is 0 Å². The van der Waals surface area contributed by atoms with Crippen molar-refractivity contribution in [1.82, 2.24) is 10.3 Å². The Balaban J connectivity index is 1.40. The van der Waals surface area contributed by atoms with Crippen LogP contribution in [-0.2, 0) is 0 Å². The van der Waals surface area contributed by atoms with Gasteiger partial charge in [-0.05, 0) is 36.4 Å². The normalized spacial score (nSPS) is 10.5. The van der Waals surface area contributed by atoms with Crippen molar-refractivity contribution in [3.05, 3.63) is 90.6 Å². The van der Waals surface area contributed by atoms with Gasteiger partial charge in [-0.25, -0.2) is 4.98 Å². The van der Waals surface area contributed by atoms with Gasteiger partial charge in [0.15, 0.2) is 5.76 Å². The second-order valence-electron chi connectivity index (χ2n) is 6.72. The van der Waals surface area contributed by atoms with Crippen molar-refractivity contribution in [3.63, 3.8) is 0 Å². The lowest BCUT2D eigenvalue weighted by molar-refractivity contribution is 0.0947. The zero-order chi connectivity index (χ0) is 21.5. The fraction of sp³-hybridized carbons (Fsp3) is 0.120. The Morgan fingerprint density at radius 3 is 2.42 bits per heavy atom. The van der Waals surface area contributed by atoms with Crippen LogP contribution in [0.5, 0.6) is 11.5 Å². The van der Waals surface area contributed by atoms with E-state index >= 15 is 0 Å². The minimum atomic E-state index is -0.214. The van der Waals surface area contributed by atoms with E-state index in [0.717, 1.165) is 11.3 Å². The molecular weight excluding hydrogens is 392 g/mol. The average molecular weight is 414 g/mol. The third-order valence-electron chi connectivity index (χ3n) is 4.68. The molecule has 1 aromatic heterocycles. The first kappa shape index (κ1) is 20.2. The molecule has 0 spiro atoms. The summed E-state index contributed by atoms with van der Waals surface area (Å²) in [6.45, 7) is 0.706. The highest BCUT2D eigenvalue weighted by Crippen LogP contribution is 2.28. The van der Waals surface area contributed by atoms with Gasteiger partial charge in [-0.1, -0.05) is 42.5 Å². The van der Waals surface area contributed by atoms with Crippen LogP contribution < -0.4 is 14.8 Å². The lowest BCUT2D eigenvalue weighted by Gasteiger charge is -2.10. The zero-order valence-corrected chi connectivity index (χ0v) is 17.1. The fourth-order valence-electron chi connectivity index (χ4n) is 3.10. The van der Waals surface area contributed by atoms with E-state index < -0.39 is 0 Å². The number of nitrogens with zero attached hydrogens (tertiary/aromatic N) is 1. The monoisotopic (exact) mass is 414 g/mol. The molecule has 1 amide bonds. The van der Waals surface area contributed by atoms with Gasteiger partial charge in [0.1, 0.15) is 18.1 Å². The summed E-state index contributed by atoms with van der Waals surface area (Å²) in [6, 6.07) is 24.2. The molecule has 6 heteroatoms. The number of aromatic nitrogens is 1. The van der Waals surface area contributed by atoms with Crippen molar-refractivity contribution in [1.29, 1.82) is 0 Å². The first-order valence-electron chi connectivity index (χ1n) is 9.90. The number of amides is 1. The molecule has 0 aliphatic rings. The molecule has 0 saturated heterocycles. The summed E-state index contributed by atoms with van der Waals surface area (Å²) in [7, 11) is 1.62. The Morgan fingerprint density at radius 2 is 1.65 bits per heavy atom. The number of benzene rings is 3. The minimum Gasteiger partial charge on any atom is -0.497 e. The molecule has 0 aliphatic carbocycles. The molecule has 4 aromatic rings. The molecule has 0 saturated carbocycles. The number of ether oxygens (including phenoxy) is 2. The van der Waals surface area contributed by atoms with Crippen LogP contribution in [-0.4, -0.2) is 31.2 Å². The molecule has 1 N–H and O–H groups in total. The molecule has 6 nitrogen and oxygen atoms in total. The van der Waals surface area contributed by atoms with Gasteiger partial charge >= 0.3 is 0 Å². The summed E-state index contributed by atoms with van der Waals surface area (Å²) in [5, 5.41) is 2.88. The summed E-state index contributed by atoms with van der Waals surface area (Å²) >= 11 is 0. The molecule has 0 fully saturated rings. The predicted molar refractivity (Wildman–Crippen MR) is 118 cm³/mol. The summed E-state index contributed by atoms with van der Waals surface area (Å²) in [5.74, 6) is 2.31. The SMILES string of the molecule is COc1ccc(OCCNC(=O)c2ccccc2-c2ncc(-c3ccccc3)o2)cc1. The van der Waals surface area contributed by atoms with Gasteiger partial charge in [-0.2, -0.15) is 0 Å². The lowest BCUT2D eigenvalue weighted by atomic mass is 10.1. The molecule has 1 heterocycles. The van der Waals surface area contributed by atoms with Crippen LogP contribution >= 0.6 is 0 Å². The Labute approximate surface area is 180 Å². The van der Waals surface area contributed by atoms with Crippen LogP contribution in [0, 0.1) is 0 Å². The van der Waals surface area contributed by atoms with E-state index in [0.29, 0.717) is 41.7 Å². The molecule has 0 aliphatic heterocycles. The van der Waals surface area contributed by atoms with Gasteiger partial charge in [0.25, 0.3) is 5.91 Å². The molecule has 3 aromatic carbocycles. The molecule has 4 rings (SSSR count). The molecule has 0 radical (unpaired) electrons. The number of carbonyl (C=O) groups excluding carboxylic acids is 1. The molecule has 0 unspecified atom stereocenters. The van der Waals surface area contributed by atoms with Gasteiger partial charge in [-0.15, -0.1) is 0 Å². The van der Waals surface area contributed by atoms with Crippen LogP contribution in [0.15, 0.2) is 89.5 Å². The van der Waals surface area contributed by atoms with Gasteiger partial charge in [0.05, 0.1) is 25.4 Å². The topological polar surface area (TPSA) is 73.6 Å². The molecule has 156 valence electrons. The van der Waals surface area contributed by atoms with Crippen molar-refractivity contribution in [2.24, 2.45) is 0 Å². The quantitative estimate of drug-likeness (QED) is 0.418. The van der Waals surface area contributed by atoms with Gasteiger partial charge < -0.3 is 19.2 Å². The van der Waals surface area contributed by atoms with Gasteiger partial charge in [0, 0.05) is 11.1 Å². The largest absolute Gasteiger partial charge is 0.497 e. The van der Waals surface area contributed by atoms with Crippen molar-refractivity contribution >= 4 is 5.91 Å². The van der Waals surface area contributed by atoms with Crippen molar-refractivity contribution < 1.29 is 18.7 Å². The summed E-state index contributed by atoms with van der Waals surface area (Å²) in [4.78, 5) is 17.1. The van der Waals surface area contributed by atoms with Gasteiger partial charge in [-0.3, -0.25) is 4.79 Å². The summed E-state index contributed by atoms with van der Waals surface area (Å²) in [6.07, 6.45) is 1.67. The highest BCUT2D eigenvalue weighted by Gasteiger charge is 2.16. The Hall–Kier alpha value is -4.06. The van der Waals surface area contributed by atoms with E-state index in [1.54, 1.807) is 19.4 Å². The number of carbonyl (C=O) groups is 1. The Morgan fingerprint density at radius 1 is 0.935 bits per heavy atom. The van der Waals surface area contributed by atoms with Crippen molar-refractivity contribution in [3.8, 4) is 34.3 Å². The second-order valence-corrected chi connectivity index (χ2v) is 6.72. The Kier molecular flexibility index (Phi) is 6.28. The number of rotatable bonds is 8. The molecule has 31 heavy (non-hydrogen) atoms. The number of oxazole rings is 1. The Bertz CT molecular complexity index is 1140. The number of hydrogen-bond donors (Lipinski definition) is 1. The van der Waals surface area contributed by atoms with Crippen LogP contribution in [0.1, 0.15) is 10.4 Å². The van der Waals surface area contributed by atoms with Crippen LogP contribution in [0.4, 0.5) is 0 Å². The number of methoxy groups -OCH3 is 1. The van der Waals surface area contributed by atoms with E-state index in [2.05, 4.69) is 10.3 Å². The third kappa shape index (κ3) is 4.93. The highest BCUT2D eigenvalue weighted by atomic mass is 16.5. The minimum absolute atomic E-state index is 0.214. The van der Waals surface area contributed by atoms with Crippen molar-refractivity contribution in [2.75, 3.05) is 20.3 Å².